The van der Waals surface area contributed by atoms with Gasteiger partial charge in [-0.3, -0.25) is 14.5 Å². The summed E-state index contributed by atoms with van der Waals surface area (Å²) in [5.41, 5.74) is 2.69. The van der Waals surface area contributed by atoms with Gasteiger partial charge in [0.05, 0.1) is 6.54 Å². The van der Waals surface area contributed by atoms with Crippen LogP contribution in [0.1, 0.15) is 53.4 Å². The highest BCUT2D eigenvalue weighted by molar-refractivity contribution is 6.01. The summed E-state index contributed by atoms with van der Waals surface area (Å²) in [6.45, 7) is 14.1. The van der Waals surface area contributed by atoms with Gasteiger partial charge in [0, 0.05) is 44.1 Å². The van der Waals surface area contributed by atoms with E-state index in [9.17, 15) is 9.59 Å². The van der Waals surface area contributed by atoms with Crippen LogP contribution in [-0.2, 0) is 9.59 Å². The van der Waals surface area contributed by atoms with Gasteiger partial charge >= 0.3 is 0 Å². The number of hydrogen-bond acceptors (Lipinski definition) is 6. The quantitative estimate of drug-likeness (QED) is 0.446. The molecule has 0 amide bonds. The lowest BCUT2D eigenvalue weighted by Crippen LogP contribution is -2.50. The molecule has 1 aliphatic heterocycles. The van der Waals surface area contributed by atoms with Crippen LogP contribution in [-0.4, -0.2) is 60.7 Å². The van der Waals surface area contributed by atoms with Crippen LogP contribution in [0.3, 0.4) is 0 Å². The third-order valence-corrected chi connectivity index (χ3v) is 10.8. The molecule has 0 radical (unpaired) electrons. The van der Waals surface area contributed by atoms with Gasteiger partial charge in [0.1, 0.15) is 11.6 Å². The fourth-order valence-corrected chi connectivity index (χ4v) is 8.91. The highest BCUT2D eigenvalue weighted by Gasteiger charge is 2.59. The SMILES string of the molecule is CCNc1cccc(N2CCN(CC(=O)[C@H]3[C@H](C)C[C@H]4[C@@H]5CCC6=CC(=O)C=C[C@]6(C)C5=CC[C@@]43C)CC2)n1.Cl. The Kier molecular flexibility index (Phi) is 8.06. The van der Waals surface area contributed by atoms with E-state index in [4.69, 9.17) is 4.98 Å². The van der Waals surface area contributed by atoms with Gasteiger partial charge in [0.15, 0.2) is 11.6 Å². The van der Waals surface area contributed by atoms with Gasteiger partial charge in [-0.05, 0) is 87.0 Å². The molecular formula is C33H45ClN4O2. The second kappa shape index (κ2) is 11.1. The molecule has 1 aromatic rings. The largest absolute Gasteiger partial charge is 0.370 e. The number of carbonyl (C=O) groups is 2. The lowest BCUT2D eigenvalue weighted by atomic mass is 9.52. The molecule has 5 aliphatic rings. The molecule has 6 nitrogen and oxygen atoms in total. The van der Waals surface area contributed by atoms with Crippen molar-refractivity contribution in [2.24, 2.45) is 34.5 Å². The summed E-state index contributed by atoms with van der Waals surface area (Å²) in [5.74, 6) is 4.08. The van der Waals surface area contributed by atoms with Gasteiger partial charge < -0.3 is 10.2 Å². The zero-order chi connectivity index (χ0) is 27.4. The van der Waals surface area contributed by atoms with Crippen molar-refractivity contribution < 1.29 is 9.59 Å². The molecule has 1 N–H and O–H groups in total. The first kappa shape index (κ1) is 29.1. The first-order valence-corrected chi connectivity index (χ1v) is 15.1. The molecule has 4 aliphatic carbocycles. The van der Waals surface area contributed by atoms with E-state index in [-0.39, 0.29) is 34.9 Å². The van der Waals surface area contributed by atoms with Crippen LogP contribution < -0.4 is 10.2 Å². The predicted molar refractivity (Wildman–Crippen MR) is 164 cm³/mol. The molecule has 0 unspecified atom stereocenters. The zero-order valence-corrected chi connectivity index (χ0v) is 25.3. The molecule has 1 aromatic heterocycles. The first-order valence-electron chi connectivity index (χ1n) is 15.1. The van der Waals surface area contributed by atoms with Gasteiger partial charge in [-0.25, -0.2) is 4.98 Å². The minimum atomic E-state index is -0.121. The summed E-state index contributed by atoms with van der Waals surface area (Å²) in [6.07, 6.45) is 12.5. The summed E-state index contributed by atoms with van der Waals surface area (Å²) in [4.78, 5) is 35.5. The molecule has 3 fully saturated rings. The Morgan fingerprint density at radius 1 is 1.18 bits per heavy atom. The van der Waals surface area contributed by atoms with Crippen LogP contribution in [0.15, 0.2) is 53.6 Å². The number of fused-ring (bicyclic) bond motifs is 5. The molecule has 2 heterocycles. The highest BCUT2D eigenvalue weighted by atomic mass is 35.5. The van der Waals surface area contributed by atoms with E-state index in [0.29, 0.717) is 30.1 Å². The molecule has 40 heavy (non-hydrogen) atoms. The topological polar surface area (TPSA) is 65.5 Å². The Hall–Kier alpha value is -2.44. The van der Waals surface area contributed by atoms with Crippen LogP contribution >= 0.6 is 12.4 Å². The van der Waals surface area contributed by atoms with Crippen LogP contribution in [0.2, 0.25) is 0 Å². The number of hydrogen-bond donors (Lipinski definition) is 1. The third kappa shape index (κ3) is 4.85. The van der Waals surface area contributed by atoms with Crippen molar-refractivity contribution >= 4 is 35.6 Å². The molecule has 7 heteroatoms. The van der Waals surface area contributed by atoms with E-state index in [1.165, 1.54) is 11.1 Å². The Bertz CT molecular complexity index is 1250. The summed E-state index contributed by atoms with van der Waals surface area (Å²) in [7, 11) is 0. The maximum absolute atomic E-state index is 14.0. The number of anilines is 2. The van der Waals surface area contributed by atoms with Crippen molar-refractivity contribution in [3.8, 4) is 0 Å². The van der Waals surface area contributed by atoms with Crippen LogP contribution in [0.25, 0.3) is 0 Å². The van der Waals surface area contributed by atoms with Crippen molar-refractivity contribution in [2.45, 2.75) is 53.4 Å². The zero-order valence-electron chi connectivity index (χ0n) is 24.5. The summed E-state index contributed by atoms with van der Waals surface area (Å²) in [6, 6.07) is 6.16. The van der Waals surface area contributed by atoms with E-state index < -0.39 is 0 Å². The second-order valence-corrected chi connectivity index (χ2v) is 13.1. The fraction of sp³-hybridized carbons (Fsp3) is 0.606. The number of ketones is 2. The predicted octanol–water partition coefficient (Wildman–Crippen LogP) is 5.72. The van der Waals surface area contributed by atoms with E-state index in [1.54, 1.807) is 6.08 Å². The van der Waals surface area contributed by atoms with E-state index in [1.807, 2.05) is 12.1 Å². The van der Waals surface area contributed by atoms with Gasteiger partial charge in [0.2, 0.25) is 0 Å². The lowest BCUT2D eigenvalue weighted by molar-refractivity contribution is -0.129. The minimum Gasteiger partial charge on any atom is -0.370 e. The monoisotopic (exact) mass is 564 g/mol. The Morgan fingerprint density at radius 2 is 1.95 bits per heavy atom. The molecule has 6 rings (SSSR count). The third-order valence-electron chi connectivity index (χ3n) is 10.8. The van der Waals surface area contributed by atoms with Crippen molar-refractivity contribution in [1.82, 2.24) is 9.88 Å². The molecule has 6 atom stereocenters. The smallest absolute Gasteiger partial charge is 0.178 e. The molecule has 2 saturated carbocycles. The Morgan fingerprint density at radius 3 is 2.70 bits per heavy atom. The van der Waals surface area contributed by atoms with Gasteiger partial charge in [-0.15, -0.1) is 12.4 Å². The second-order valence-electron chi connectivity index (χ2n) is 13.1. The van der Waals surface area contributed by atoms with E-state index in [0.717, 1.165) is 70.0 Å². The normalized spacial score (nSPS) is 35.1. The standard InChI is InChI=1S/C33H44N4O2.ClH/c1-5-34-29-7-6-8-30(35-29)37-17-15-36(16-18-37)21-28(39)31-22(2)19-27-25-10-9-23-20-24(38)11-13-32(23,3)26(25)12-14-33(27,31)4;/h6-8,11-13,20,22,25,27,31H,5,9-10,14-19,21H2,1-4H3,(H,34,35);1H/t22-,25-,27+,31-,32+,33+;/m1./s1. The van der Waals surface area contributed by atoms with Gasteiger partial charge in [0.25, 0.3) is 0 Å². The molecule has 0 aromatic carbocycles. The number of rotatable bonds is 6. The highest BCUT2D eigenvalue weighted by Crippen LogP contribution is 2.65. The van der Waals surface area contributed by atoms with Crippen molar-refractivity contribution in [1.29, 1.82) is 0 Å². The average Bonchev–Trinajstić information content (AvgIpc) is 3.20. The molecule has 1 saturated heterocycles. The maximum Gasteiger partial charge on any atom is 0.178 e. The number of nitrogens with zero attached hydrogens (tertiary/aromatic N) is 3. The summed E-state index contributed by atoms with van der Waals surface area (Å²) < 4.78 is 0. The molecule has 216 valence electrons. The number of Topliss-reactive ketones (excluding diaryl/α,β-unsaturated/α-hetero) is 1. The van der Waals surface area contributed by atoms with Crippen LogP contribution in [0.4, 0.5) is 11.6 Å². The Labute approximate surface area is 245 Å². The number of aromatic nitrogens is 1. The number of allylic oxidation sites excluding steroid dienone is 6. The van der Waals surface area contributed by atoms with Gasteiger partial charge in [-0.2, -0.15) is 0 Å². The number of carbonyl (C=O) groups excluding carboxylic acids is 2. The number of nitrogens with one attached hydrogen (secondary N) is 1. The summed E-state index contributed by atoms with van der Waals surface area (Å²) in [5, 5.41) is 3.30. The van der Waals surface area contributed by atoms with E-state index in [2.05, 4.69) is 67.1 Å². The lowest BCUT2D eigenvalue weighted by Gasteiger charge is -2.52. The van der Waals surface area contributed by atoms with E-state index >= 15 is 0 Å². The fourth-order valence-electron chi connectivity index (χ4n) is 8.91. The Balaban J connectivity index is 0.00000323. The van der Waals surface area contributed by atoms with Crippen molar-refractivity contribution in [3.63, 3.8) is 0 Å². The van der Waals surface area contributed by atoms with Crippen LogP contribution in [0.5, 0.6) is 0 Å². The molecular weight excluding hydrogens is 520 g/mol. The van der Waals surface area contributed by atoms with Crippen LogP contribution in [0, 0.1) is 34.5 Å². The molecule has 0 spiro atoms. The molecule has 0 bridgehead atoms. The number of halogens is 1. The minimum absolute atomic E-state index is 0. The first-order chi connectivity index (χ1) is 18.7. The van der Waals surface area contributed by atoms with Crippen molar-refractivity contribution in [3.05, 3.63) is 53.6 Å². The maximum atomic E-state index is 14.0. The number of pyridine rings is 1. The van der Waals surface area contributed by atoms with Gasteiger partial charge in [-0.1, -0.05) is 43.2 Å². The average molecular weight is 565 g/mol. The van der Waals surface area contributed by atoms with Crippen molar-refractivity contribution in [2.75, 3.05) is 49.5 Å². The number of piperazine rings is 1. The summed E-state index contributed by atoms with van der Waals surface area (Å²) >= 11 is 0.